The first kappa shape index (κ1) is 22.2. The van der Waals surface area contributed by atoms with Crippen molar-refractivity contribution in [2.45, 2.75) is 36.1 Å². The molecule has 0 heterocycles. The second kappa shape index (κ2) is 8.13. The van der Waals surface area contributed by atoms with E-state index in [0.717, 1.165) is 12.1 Å². The highest BCUT2D eigenvalue weighted by atomic mass is 35.5. The van der Waals surface area contributed by atoms with Gasteiger partial charge in [-0.05, 0) is 56.2 Å². The number of sulfone groups is 1. The van der Waals surface area contributed by atoms with Gasteiger partial charge in [-0.2, -0.15) is 13.2 Å². The molecule has 1 amide bonds. The molecule has 0 saturated heterocycles. The normalized spacial score (nSPS) is 12.6. The first-order chi connectivity index (χ1) is 12.9. The van der Waals surface area contributed by atoms with E-state index in [4.69, 9.17) is 11.6 Å². The standard InChI is InChI=1S/C19H19ClF3NO3S/c1-18(2,28(26,27)16-8-6-15(20)7-9-16)17(25)24-11-10-13-4-3-5-14(12-13)19(21,22)23/h3-9,12H,10-11H2,1-2H3,(H,24,25). The molecule has 0 unspecified atom stereocenters. The van der Waals surface area contributed by atoms with Crippen molar-refractivity contribution in [3.8, 4) is 0 Å². The van der Waals surface area contributed by atoms with Crippen LogP contribution in [0.5, 0.6) is 0 Å². The summed E-state index contributed by atoms with van der Waals surface area (Å²) in [5, 5.41) is 2.85. The summed E-state index contributed by atoms with van der Waals surface area (Å²) in [6.07, 6.45) is -4.32. The predicted octanol–water partition coefficient (Wildman–Crippen LogP) is 4.27. The van der Waals surface area contributed by atoms with E-state index in [2.05, 4.69) is 5.32 Å². The Morgan fingerprint density at radius 3 is 2.25 bits per heavy atom. The zero-order valence-corrected chi connectivity index (χ0v) is 16.8. The average molecular weight is 434 g/mol. The van der Waals surface area contributed by atoms with Gasteiger partial charge < -0.3 is 5.32 Å². The van der Waals surface area contributed by atoms with Crippen LogP contribution in [-0.2, 0) is 27.2 Å². The molecule has 2 rings (SSSR count). The van der Waals surface area contributed by atoms with Gasteiger partial charge in [-0.1, -0.05) is 29.8 Å². The smallest absolute Gasteiger partial charge is 0.354 e. The summed E-state index contributed by atoms with van der Waals surface area (Å²) in [6.45, 7) is 2.55. The van der Waals surface area contributed by atoms with Crippen LogP contribution in [0.4, 0.5) is 13.2 Å². The van der Waals surface area contributed by atoms with Gasteiger partial charge in [0.1, 0.15) is 4.75 Å². The van der Waals surface area contributed by atoms with Crippen LogP contribution in [0.1, 0.15) is 25.0 Å². The minimum absolute atomic E-state index is 0.000286. The third-order valence-electron chi connectivity index (χ3n) is 4.30. The number of halogens is 4. The molecule has 2 aromatic rings. The maximum absolute atomic E-state index is 12.8. The lowest BCUT2D eigenvalue weighted by Crippen LogP contribution is -2.48. The third kappa shape index (κ3) is 4.86. The monoisotopic (exact) mass is 433 g/mol. The number of hydrogen-bond donors (Lipinski definition) is 1. The SMILES string of the molecule is CC(C)(C(=O)NCCc1cccc(C(F)(F)F)c1)S(=O)(=O)c1ccc(Cl)cc1. The number of hydrogen-bond acceptors (Lipinski definition) is 3. The Kier molecular flexibility index (Phi) is 6.45. The lowest BCUT2D eigenvalue weighted by atomic mass is 10.1. The lowest BCUT2D eigenvalue weighted by molar-refractivity contribution is -0.137. The summed E-state index contributed by atoms with van der Waals surface area (Å²) in [4.78, 5) is 12.4. The first-order valence-electron chi connectivity index (χ1n) is 8.30. The molecule has 0 spiro atoms. The molecular formula is C19H19ClF3NO3S. The topological polar surface area (TPSA) is 63.2 Å². The molecular weight excluding hydrogens is 415 g/mol. The fourth-order valence-corrected chi connectivity index (χ4v) is 3.99. The molecule has 0 aliphatic carbocycles. The van der Waals surface area contributed by atoms with Gasteiger partial charge in [-0.3, -0.25) is 4.79 Å². The van der Waals surface area contributed by atoms with E-state index in [1.807, 2.05) is 0 Å². The lowest BCUT2D eigenvalue weighted by Gasteiger charge is -2.24. The van der Waals surface area contributed by atoms with Crippen molar-refractivity contribution in [1.29, 1.82) is 0 Å². The number of carbonyl (C=O) groups is 1. The van der Waals surface area contributed by atoms with E-state index in [1.54, 1.807) is 0 Å². The zero-order valence-electron chi connectivity index (χ0n) is 15.2. The Labute approximate surface area is 166 Å². The van der Waals surface area contributed by atoms with Crippen molar-refractivity contribution in [2.75, 3.05) is 6.54 Å². The molecule has 0 aromatic heterocycles. The second-order valence-corrected chi connectivity index (χ2v) is 9.61. The van der Waals surface area contributed by atoms with E-state index in [0.29, 0.717) is 10.6 Å². The molecule has 0 saturated carbocycles. The van der Waals surface area contributed by atoms with Crippen LogP contribution >= 0.6 is 11.6 Å². The molecule has 0 fully saturated rings. The van der Waals surface area contributed by atoms with Gasteiger partial charge in [0.25, 0.3) is 0 Å². The second-order valence-electron chi connectivity index (χ2n) is 6.67. The van der Waals surface area contributed by atoms with E-state index >= 15 is 0 Å². The minimum Gasteiger partial charge on any atom is -0.354 e. The number of carbonyl (C=O) groups excluding carboxylic acids is 1. The van der Waals surface area contributed by atoms with Gasteiger partial charge in [0, 0.05) is 11.6 Å². The maximum atomic E-state index is 12.8. The van der Waals surface area contributed by atoms with Gasteiger partial charge in [-0.25, -0.2) is 8.42 Å². The van der Waals surface area contributed by atoms with Crippen LogP contribution in [0, 0.1) is 0 Å². The molecule has 4 nitrogen and oxygen atoms in total. The van der Waals surface area contributed by atoms with E-state index < -0.39 is 32.2 Å². The Hall–Kier alpha value is -2.06. The van der Waals surface area contributed by atoms with E-state index in [9.17, 15) is 26.4 Å². The molecule has 0 atom stereocenters. The van der Waals surface area contributed by atoms with Gasteiger partial charge >= 0.3 is 6.18 Å². The summed E-state index contributed by atoms with van der Waals surface area (Å²) >= 11 is 5.76. The molecule has 0 aliphatic heterocycles. The predicted molar refractivity (Wildman–Crippen MR) is 101 cm³/mol. The van der Waals surface area contributed by atoms with Gasteiger partial charge in [-0.15, -0.1) is 0 Å². The Morgan fingerprint density at radius 1 is 1.07 bits per heavy atom. The van der Waals surface area contributed by atoms with Crippen LogP contribution in [-0.4, -0.2) is 25.6 Å². The Balaban J connectivity index is 2.07. The van der Waals surface area contributed by atoms with E-state index in [-0.39, 0.29) is 17.9 Å². The summed E-state index contributed by atoms with van der Waals surface area (Å²) in [7, 11) is -4.00. The van der Waals surface area contributed by atoms with Gasteiger partial charge in [0.15, 0.2) is 9.84 Å². The molecule has 0 radical (unpaired) electrons. The molecule has 0 bridgehead atoms. The van der Waals surface area contributed by atoms with Crippen molar-refractivity contribution < 1.29 is 26.4 Å². The highest BCUT2D eigenvalue weighted by molar-refractivity contribution is 7.93. The maximum Gasteiger partial charge on any atom is 0.416 e. The first-order valence-corrected chi connectivity index (χ1v) is 10.2. The Morgan fingerprint density at radius 2 is 1.68 bits per heavy atom. The van der Waals surface area contributed by atoms with Gasteiger partial charge in [0.2, 0.25) is 5.91 Å². The molecule has 2 aromatic carbocycles. The average Bonchev–Trinajstić information content (AvgIpc) is 2.61. The number of nitrogens with one attached hydrogen (secondary N) is 1. The minimum atomic E-state index is -4.45. The van der Waals surface area contributed by atoms with Crippen LogP contribution in [0.15, 0.2) is 53.4 Å². The summed E-state index contributed by atoms with van der Waals surface area (Å²) in [6, 6.07) is 10.2. The van der Waals surface area contributed by atoms with Crippen molar-refractivity contribution in [3.63, 3.8) is 0 Å². The fraction of sp³-hybridized carbons (Fsp3) is 0.316. The number of amides is 1. The molecule has 9 heteroatoms. The van der Waals surface area contributed by atoms with Gasteiger partial charge in [0.05, 0.1) is 10.5 Å². The van der Waals surface area contributed by atoms with E-state index in [1.165, 1.54) is 50.2 Å². The zero-order chi connectivity index (χ0) is 21.2. The van der Waals surface area contributed by atoms with Crippen molar-refractivity contribution in [3.05, 3.63) is 64.7 Å². The Bertz CT molecular complexity index is 955. The van der Waals surface area contributed by atoms with Crippen molar-refractivity contribution in [2.24, 2.45) is 0 Å². The number of alkyl halides is 3. The molecule has 28 heavy (non-hydrogen) atoms. The largest absolute Gasteiger partial charge is 0.416 e. The van der Waals surface area contributed by atoms with Crippen LogP contribution in [0.3, 0.4) is 0 Å². The molecule has 0 aliphatic rings. The van der Waals surface area contributed by atoms with Crippen molar-refractivity contribution in [1.82, 2.24) is 5.32 Å². The molecule has 152 valence electrons. The fourth-order valence-electron chi connectivity index (χ4n) is 2.47. The quantitative estimate of drug-likeness (QED) is 0.740. The highest BCUT2D eigenvalue weighted by Crippen LogP contribution is 2.30. The molecule has 1 N–H and O–H groups in total. The summed E-state index contributed by atoms with van der Waals surface area (Å²) in [5.74, 6) is -0.741. The van der Waals surface area contributed by atoms with Crippen LogP contribution in [0.25, 0.3) is 0 Å². The number of benzene rings is 2. The summed E-state index contributed by atoms with van der Waals surface area (Å²) < 4.78 is 62.0. The highest BCUT2D eigenvalue weighted by Gasteiger charge is 2.42. The third-order valence-corrected chi connectivity index (χ3v) is 6.97. The number of rotatable bonds is 6. The van der Waals surface area contributed by atoms with Crippen molar-refractivity contribution >= 4 is 27.3 Å². The van der Waals surface area contributed by atoms with Crippen LogP contribution in [0.2, 0.25) is 5.02 Å². The summed E-state index contributed by atoms with van der Waals surface area (Å²) in [5.41, 5.74) is -0.393. The van der Waals surface area contributed by atoms with Crippen LogP contribution < -0.4 is 5.32 Å².